The third-order valence-corrected chi connectivity index (χ3v) is 2.74. The van der Waals surface area contributed by atoms with Crippen molar-refractivity contribution in [3.8, 4) is 11.8 Å². The summed E-state index contributed by atoms with van der Waals surface area (Å²) in [6.07, 6.45) is 1.63. The van der Waals surface area contributed by atoms with E-state index in [0.29, 0.717) is 10.7 Å². The maximum absolute atomic E-state index is 11.3. The van der Waals surface area contributed by atoms with E-state index in [1.165, 1.54) is 0 Å². The van der Waals surface area contributed by atoms with Crippen molar-refractivity contribution in [1.82, 2.24) is 9.78 Å². The average Bonchev–Trinajstić information content (AvgIpc) is 2.76. The summed E-state index contributed by atoms with van der Waals surface area (Å²) in [6.45, 7) is 1.89. The molecule has 1 amide bonds. The van der Waals surface area contributed by atoms with Crippen molar-refractivity contribution in [2.75, 3.05) is 5.32 Å². The van der Waals surface area contributed by atoms with Crippen LogP contribution in [0.1, 0.15) is 12.1 Å². The third kappa shape index (κ3) is 3.12. The zero-order valence-electron chi connectivity index (χ0n) is 10.2. The molecule has 0 aliphatic rings. The summed E-state index contributed by atoms with van der Waals surface area (Å²) in [4.78, 5) is 11.3. The summed E-state index contributed by atoms with van der Waals surface area (Å²) >= 11 is 6.16. The Morgan fingerprint density at radius 1 is 1.53 bits per heavy atom. The molecular formula is C13H11ClN4O. The first-order chi connectivity index (χ1) is 9.10. The van der Waals surface area contributed by atoms with E-state index in [9.17, 15) is 4.79 Å². The number of amides is 1. The molecule has 0 aliphatic carbocycles. The maximum Gasteiger partial charge on any atom is 0.238 e. The fourth-order valence-corrected chi connectivity index (χ4v) is 1.86. The van der Waals surface area contributed by atoms with Crippen LogP contribution in [-0.2, 0) is 4.79 Å². The molecular weight excluding hydrogens is 264 g/mol. The van der Waals surface area contributed by atoms with E-state index in [1.54, 1.807) is 29.0 Å². The van der Waals surface area contributed by atoms with Crippen molar-refractivity contribution >= 4 is 23.2 Å². The Morgan fingerprint density at radius 3 is 2.89 bits per heavy atom. The molecule has 0 radical (unpaired) electrons. The van der Waals surface area contributed by atoms with Crippen LogP contribution >= 0.6 is 11.6 Å². The number of anilines is 1. The van der Waals surface area contributed by atoms with Gasteiger partial charge in [-0.2, -0.15) is 10.4 Å². The van der Waals surface area contributed by atoms with E-state index >= 15 is 0 Å². The molecule has 1 heterocycles. The second kappa shape index (κ2) is 5.55. The fraction of sp³-hybridized carbons (Fsp3) is 0.154. The largest absolute Gasteiger partial charge is 0.325 e. The first-order valence-electron chi connectivity index (χ1n) is 5.59. The van der Waals surface area contributed by atoms with E-state index in [4.69, 9.17) is 16.9 Å². The van der Waals surface area contributed by atoms with Crippen LogP contribution in [0.4, 0.5) is 5.69 Å². The summed E-state index contributed by atoms with van der Waals surface area (Å²) in [5.74, 6) is -0.360. The number of benzene rings is 1. The van der Waals surface area contributed by atoms with Gasteiger partial charge in [0.05, 0.1) is 22.5 Å². The lowest BCUT2D eigenvalue weighted by Gasteiger charge is -2.08. The third-order valence-electron chi connectivity index (χ3n) is 2.44. The van der Waals surface area contributed by atoms with E-state index < -0.39 is 0 Å². The highest BCUT2D eigenvalue weighted by Gasteiger charge is 2.07. The molecule has 0 spiro atoms. The molecule has 6 heteroatoms. The van der Waals surface area contributed by atoms with Crippen LogP contribution in [0.25, 0.3) is 5.69 Å². The Kier molecular flexibility index (Phi) is 3.83. The smallest absolute Gasteiger partial charge is 0.238 e. The Labute approximate surface area is 115 Å². The second-order valence-corrected chi connectivity index (χ2v) is 4.36. The molecule has 96 valence electrons. The van der Waals surface area contributed by atoms with Gasteiger partial charge in [-0.25, -0.2) is 4.68 Å². The molecule has 0 unspecified atom stereocenters. The molecule has 5 nitrogen and oxygen atoms in total. The Bertz CT molecular complexity index is 657. The summed E-state index contributed by atoms with van der Waals surface area (Å²) in [5, 5.41) is 15.7. The predicted octanol–water partition coefficient (Wildman–Crippen LogP) is 2.69. The van der Waals surface area contributed by atoms with Crippen LogP contribution in [0.5, 0.6) is 0 Å². The van der Waals surface area contributed by atoms with Gasteiger partial charge in [0.25, 0.3) is 0 Å². The summed E-state index contributed by atoms with van der Waals surface area (Å²) in [6, 6.07) is 8.76. The lowest BCUT2D eigenvalue weighted by molar-refractivity contribution is -0.115. The van der Waals surface area contributed by atoms with Gasteiger partial charge >= 0.3 is 0 Å². The Hall–Kier alpha value is -2.32. The van der Waals surface area contributed by atoms with Gasteiger partial charge in [0.1, 0.15) is 6.42 Å². The molecule has 0 saturated heterocycles. The van der Waals surface area contributed by atoms with Gasteiger partial charge in [-0.15, -0.1) is 0 Å². The number of carbonyl (C=O) groups is 1. The number of halogens is 1. The lowest BCUT2D eigenvalue weighted by atomic mass is 10.2. The van der Waals surface area contributed by atoms with E-state index in [-0.39, 0.29) is 12.3 Å². The monoisotopic (exact) mass is 274 g/mol. The van der Waals surface area contributed by atoms with E-state index in [1.807, 2.05) is 19.2 Å². The van der Waals surface area contributed by atoms with Gasteiger partial charge in [0.2, 0.25) is 5.91 Å². The zero-order chi connectivity index (χ0) is 13.8. The Morgan fingerprint density at radius 2 is 2.32 bits per heavy atom. The van der Waals surface area contributed by atoms with Gasteiger partial charge in [0, 0.05) is 11.9 Å². The standard InChI is InChI=1S/C13H11ClN4O/c1-9-5-7-18(17-9)12-3-2-10(8-11(12)14)16-13(19)4-6-15/h2-3,5,7-8H,4H2,1H3,(H,16,19). The van der Waals surface area contributed by atoms with Gasteiger partial charge in [-0.05, 0) is 31.2 Å². The number of hydrogen-bond acceptors (Lipinski definition) is 3. The first kappa shape index (κ1) is 13.1. The Balaban J connectivity index is 2.23. The molecule has 1 aromatic carbocycles. The highest BCUT2D eigenvalue weighted by Crippen LogP contribution is 2.24. The number of nitrogens with one attached hydrogen (secondary N) is 1. The van der Waals surface area contributed by atoms with Crippen LogP contribution in [-0.4, -0.2) is 15.7 Å². The van der Waals surface area contributed by atoms with Crippen molar-refractivity contribution in [1.29, 1.82) is 5.26 Å². The van der Waals surface area contributed by atoms with Gasteiger partial charge < -0.3 is 5.32 Å². The maximum atomic E-state index is 11.3. The SMILES string of the molecule is Cc1ccn(-c2ccc(NC(=O)CC#N)cc2Cl)n1. The summed E-state index contributed by atoms with van der Waals surface area (Å²) < 4.78 is 1.67. The zero-order valence-corrected chi connectivity index (χ0v) is 11.0. The minimum absolute atomic E-state index is 0.183. The molecule has 1 N–H and O–H groups in total. The van der Waals surface area contributed by atoms with Crippen molar-refractivity contribution in [2.45, 2.75) is 13.3 Å². The summed E-state index contributed by atoms with van der Waals surface area (Å²) in [7, 11) is 0. The van der Waals surface area contributed by atoms with Crippen LogP contribution in [0, 0.1) is 18.3 Å². The predicted molar refractivity (Wildman–Crippen MR) is 72.2 cm³/mol. The van der Waals surface area contributed by atoms with E-state index in [2.05, 4.69) is 10.4 Å². The molecule has 0 aliphatic heterocycles. The average molecular weight is 275 g/mol. The molecule has 0 saturated carbocycles. The molecule has 0 fully saturated rings. The molecule has 2 rings (SSSR count). The van der Waals surface area contributed by atoms with Crippen molar-refractivity contribution < 1.29 is 4.79 Å². The molecule has 0 bridgehead atoms. The molecule has 19 heavy (non-hydrogen) atoms. The second-order valence-electron chi connectivity index (χ2n) is 3.95. The van der Waals surface area contributed by atoms with Crippen molar-refractivity contribution in [3.05, 3.63) is 41.2 Å². The van der Waals surface area contributed by atoms with Crippen LogP contribution in [0.15, 0.2) is 30.5 Å². The van der Waals surface area contributed by atoms with Crippen LogP contribution in [0.3, 0.4) is 0 Å². The minimum Gasteiger partial charge on any atom is -0.325 e. The van der Waals surface area contributed by atoms with Crippen molar-refractivity contribution in [2.24, 2.45) is 0 Å². The first-order valence-corrected chi connectivity index (χ1v) is 5.97. The number of nitriles is 1. The number of hydrogen-bond donors (Lipinski definition) is 1. The lowest BCUT2D eigenvalue weighted by Crippen LogP contribution is -2.10. The molecule has 1 aromatic heterocycles. The van der Waals surface area contributed by atoms with Crippen LogP contribution in [0.2, 0.25) is 5.02 Å². The van der Waals surface area contributed by atoms with Gasteiger partial charge in [-0.3, -0.25) is 4.79 Å². The number of aromatic nitrogens is 2. The number of carbonyl (C=O) groups excluding carboxylic acids is 1. The highest BCUT2D eigenvalue weighted by atomic mass is 35.5. The minimum atomic E-state index is -0.360. The van der Waals surface area contributed by atoms with E-state index in [0.717, 1.165) is 11.4 Å². The highest BCUT2D eigenvalue weighted by molar-refractivity contribution is 6.32. The molecule has 2 aromatic rings. The normalized spacial score (nSPS) is 9.95. The number of aryl methyl sites for hydroxylation is 1. The summed E-state index contributed by atoms with van der Waals surface area (Å²) in [5.41, 5.74) is 2.17. The topological polar surface area (TPSA) is 70.7 Å². The van der Waals surface area contributed by atoms with Crippen molar-refractivity contribution in [3.63, 3.8) is 0 Å². The quantitative estimate of drug-likeness (QED) is 0.935. The van der Waals surface area contributed by atoms with Gasteiger partial charge in [-0.1, -0.05) is 11.6 Å². The fourth-order valence-electron chi connectivity index (χ4n) is 1.60. The number of rotatable bonds is 3. The van der Waals surface area contributed by atoms with Crippen LogP contribution < -0.4 is 5.32 Å². The van der Waals surface area contributed by atoms with Gasteiger partial charge in [0.15, 0.2) is 0 Å². The molecule has 0 atom stereocenters. The number of nitrogens with zero attached hydrogens (tertiary/aromatic N) is 3.